The minimum atomic E-state index is -4.70. The Kier molecular flexibility index (Phi) is 10.3. The molecule has 9 nitrogen and oxygen atoms in total. The first-order valence-corrected chi connectivity index (χ1v) is 15.8. The number of halogens is 3. The zero-order chi connectivity index (χ0) is 34.8. The summed E-state index contributed by atoms with van der Waals surface area (Å²) < 4.78 is 51.6. The van der Waals surface area contributed by atoms with Gasteiger partial charge in [0.1, 0.15) is 29.8 Å². The van der Waals surface area contributed by atoms with Gasteiger partial charge in [0.05, 0.1) is 0 Å². The number of rotatable bonds is 11. The second-order valence-corrected chi connectivity index (χ2v) is 14.4. The first-order chi connectivity index (χ1) is 21.8. The number of nitrogens with one attached hydrogen (secondary N) is 1. The summed E-state index contributed by atoms with van der Waals surface area (Å²) in [6.45, 7) is 15.2. The molecule has 1 aromatic carbocycles. The van der Waals surface area contributed by atoms with E-state index in [0.29, 0.717) is 18.5 Å². The van der Waals surface area contributed by atoms with Gasteiger partial charge >= 0.3 is 18.4 Å². The highest BCUT2D eigenvalue weighted by molar-refractivity contribution is 5.97. The summed E-state index contributed by atoms with van der Waals surface area (Å²) in [5, 5.41) is 2.53. The third-order valence-electron chi connectivity index (χ3n) is 8.57. The highest BCUT2D eigenvalue weighted by atomic mass is 19.4. The maximum atomic E-state index is 13.7. The largest absolute Gasteiger partial charge is 0.445 e. The summed E-state index contributed by atoms with van der Waals surface area (Å²) in [4.78, 5) is 47.6. The van der Waals surface area contributed by atoms with Gasteiger partial charge in [-0.3, -0.25) is 9.69 Å². The fourth-order valence-corrected chi connectivity index (χ4v) is 6.14. The Bertz CT molecular complexity index is 1470. The van der Waals surface area contributed by atoms with Crippen molar-refractivity contribution in [3.63, 3.8) is 0 Å². The molecule has 2 heterocycles. The number of pyridine rings is 1. The van der Waals surface area contributed by atoms with Gasteiger partial charge in [-0.2, -0.15) is 13.2 Å². The molecule has 12 heteroatoms. The number of carbonyl (C=O) groups excluding carboxylic acids is 3. The molecule has 3 amide bonds. The fourth-order valence-electron chi connectivity index (χ4n) is 6.14. The number of anilines is 1. The number of piperidine rings is 1. The summed E-state index contributed by atoms with van der Waals surface area (Å²) in [6, 6.07) is 9.91. The average molecular weight is 659 g/mol. The number of carbonyl (C=O) groups is 3. The van der Waals surface area contributed by atoms with Gasteiger partial charge in [0.2, 0.25) is 5.91 Å². The summed E-state index contributed by atoms with van der Waals surface area (Å²) in [6.07, 6.45) is -1.87. The molecule has 1 N–H and O–H groups in total. The van der Waals surface area contributed by atoms with E-state index in [2.05, 4.69) is 30.7 Å². The molecular weight excluding hydrogens is 613 g/mol. The topological polar surface area (TPSA) is 101 Å². The molecule has 0 radical (unpaired) electrons. The van der Waals surface area contributed by atoms with Gasteiger partial charge in [-0.1, -0.05) is 56.3 Å². The van der Waals surface area contributed by atoms with E-state index in [0.717, 1.165) is 24.5 Å². The molecule has 2 aromatic rings. The molecule has 1 aliphatic heterocycles. The number of hydrogen-bond donors (Lipinski definition) is 1. The van der Waals surface area contributed by atoms with Crippen molar-refractivity contribution in [2.45, 2.75) is 97.7 Å². The first kappa shape index (κ1) is 35.8. The molecule has 0 bridgehead atoms. The molecule has 47 heavy (non-hydrogen) atoms. The van der Waals surface area contributed by atoms with Crippen molar-refractivity contribution in [2.75, 3.05) is 18.4 Å². The number of hydrogen-bond acceptors (Lipinski definition) is 6. The second kappa shape index (κ2) is 13.6. The Morgan fingerprint density at radius 1 is 1.09 bits per heavy atom. The summed E-state index contributed by atoms with van der Waals surface area (Å²) >= 11 is 0. The van der Waals surface area contributed by atoms with E-state index in [-0.39, 0.29) is 30.8 Å². The van der Waals surface area contributed by atoms with Gasteiger partial charge in [0, 0.05) is 24.5 Å². The highest BCUT2D eigenvalue weighted by Crippen LogP contribution is 2.60. The monoisotopic (exact) mass is 658 g/mol. The van der Waals surface area contributed by atoms with Crippen LogP contribution in [0.4, 0.5) is 28.6 Å². The molecule has 256 valence electrons. The Morgan fingerprint density at radius 2 is 1.77 bits per heavy atom. The number of aryl methyl sites for hydroxylation is 1. The van der Waals surface area contributed by atoms with E-state index in [9.17, 15) is 27.6 Å². The lowest BCUT2D eigenvalue weighted by Crippen LogP contribution is -2.47. The van der Waals surface area contributed by atoms with Crippen molar-refractivity contribution in [2.24, 2.45) is 10.8 Å². The molecule has 1 saturated heterocycles. The third-order valence-corrected chi connectivity index (χ3v) is 8.57. The lowest BCUT2D eigenvalue weighted by Gasteiger charge is -2.34. The molecule has 0 spiro atoms. The van der Waals surface area contributed by atoms with Crippen LogP contribution in [0.1, 0.15) is 77.1 Å². The van der Waals surface area contributed by atoms with Crippen LogP contribution < -0.4 is 5.32 Å². The number of likely N-dealkylation sites (tertiary alicyclic amines) is 1. The molecule has 1 aromatic heterocycles. The molecule has 3 atom stereocenters. The van der Waals surface area contributed by atoms with Crippen molar-refractivity contribution < 1.29 is 37.0 Å². The number of allylic oxidation sites excluding steroid dienone is 1. The minimum absolute atomic E-state index is 0.0814. The number of fused-ring (bicyclic) bond motifs is 1. The number of ether oxygens (including phenoxy) is 2. The number of nitrogens with zero attached hydrogens (tertiary/aromatic N) is 3. The van der Waals surface area contributed by atoms with Crippen molar-refractivity contribution in [1.82, 2.24) is 14.8 Å². The van der Waals surface area contributed by atoms with E-state index >= 15 is 0 Å². The first-order valence-electron chi connectivity index (χ1n) is 15.8. The van der Waals surface area contributed by atoms with E-state index in [1.54, 1.807) is 25.7 Å². The predicted octanol–water partition coefficient (Wildman–Crippen LogP) is 7.75. The number of alkyl halides is 3. The minimum Gasteiger partial charge on any atom is -0.445 e. The normalized spacial score (nSPS) is 20.7. The highest BCUT2D eigenvalue weighted by Gasteiger charge is 2.68. The third kappa shape index (κ3) is 9.04. The Morgan fingerprint density at radius 3 is 2.38 bits per heavy atom. The van der Waals surface area contributed by atoms with Crippen LogP contribution in [0.5, 0.6) is 0 Å². The number of amides is 3. The van der Waals surface area contributed by atoms with Crippen LogP contribution >= 0.6 is 0 Å². The molecule has 0 unspecified atom stereocenters. The maximum absolute atomic E-state index is 13.7. The quantitative estimate of drug-likeness (QED) is 0.248. The standard InChI is InChI=1S/C35H45F3N4O5/c1-8-9-17-33(6,7)21-41(30(44)46-20-24-13-11-10-12-14-24)22-34-18-25(42(27(34)19-34)31(45)47-32(3,4)5)29(43)40-28-23(2)15-16-26(39-28)35(36,37)38/h8,10-16,25,27H,1,9,17-22H2,2-7H3,(H,39,40,43)/t25-,27+,34-/m0/s1. The molecule has 1 saturated carbocycles. The van der Waals surface area contributed by atoms with E-state index in [1.807, 2.05) is 36.4 Å². The van der Waals surface area contributed by atoms with Crippen LogP contribution in [0, 0.1) is 17.8 Å². The van der Waals surface area contributed by atoms with Crippen LogP contribution in [0.15, 0.2) is 55.1 Å². The van der Waals surface area contributed by atoms with Gasteiger partial charge in [0.15, 0.2) is 0 Å². The molecule has 1 aliphatic carbocycles. The van der Waals surface area contributed by atoms with E-state index in [4.69, 9.17) is 9.47 Å². The van der Waals surface area contributed by atoms with Crippen molar-refractivity contribution in [3.05, 3.63) is 71.9 Å². The Balaban J connectivity index is 1.60. The van der Waals surface area contributed by atoms with Crippen LogP contribution in [0.3, 0.4) is 0 Å². The number of benzene rings is 1. The van der Waals surface area contributed by atoms with Crippen LogP contribution in [0.2, 0.25) is 0 Å². The van der Waals surface area contributed by atoms with E-state index < -0.39 is 53.1 Å². The Labute approximate surface area is 274 Å². The smallest absolute Gasteiger partial charge is 0.433 e. The molecule has 2 fully saturated rings. The van der Waals surface area contributed by atoms with Gasteiger partial charge < -0.3 is 19.7 Å². The average Bonchev–Trinajstić information content (AvgIpc) is 3.56. The molecule has 4 rings (SSSR count). The van der Waals surface area contributed by atoms with Crippen LogP contribution in [0.25, 0.3) is 0 Å². The Hall–Kier alpha value is -4.09. The van der Waals surface area contributed by atoms with Gasteiger partial charge in [-0.15, -0.1) is 6.58 Å². The van der Waals surface area contributed by atoms with Crippen LogP contribution in [-0.2, 0) is 27.1 Å². The van der Waals surface area contributed by atoms with Crippen molar-refractivity contribution in [1.29, 1.82) is 0 Å². The molecular formula is C35H45F3N4O5. The fraction of sp³-hybridized carbons (Fsp3) is 0.543. The SMILES string of the molecule is C=CCCC(C)(C)CN(C[C@@]12C[C@@H](C(=O)Nc3nc(C(F)(F)F)ccc3C)N(C(=O)OC(C)(C)C)[C@@H]1C2)C(=O)OCc1ccccc1. The second-order valence-electron chi connectivity index (χ2n) is 14.4. The summed E-state index contributed by atoms with van der Waals surface area (Å²) in [7, 11) is 0. The number of aromatic nitrogens is 1. The zero-order valence-corrected chi connectivity index (χ0v) is 27.9. The summed E-state index contributed by atoms with van der Waals surface area (Å²) in [5.41, 5.74) is -1.77. The lowest BCUT2D eigenvalue weighted by atomic mass is 9.86. The van der Waals surface area contributed by atoms with Crippen molar-refractivity contribution in [3.8, 4) is 0 Å². The van der Waals surface area contributed by atoms with Gasteiger partial charge in [-0.05, 0) is 76.0 Å². The zero-order valence-electron chi connectivity index (χ0n) is 27.9. The molecule has 2 aliphatic rings. The van der Waals surface area contributed by atoms with Gasteiger partial charge in [-0.25, -0.2) is 14.6 Å². The van der Waals surface area contributed by atoms with Crippen LogP contribution in [-0.4, -0.2) is 63.7 Å². The summed E-state index contributed by atoms with van der Waals surface area (Å²) in [5.74, 6) is -0.916. The van der Waals surface area contributed by atoms with Crippen molar-refractivity contribution >= 4 is 23.9 Å². The van der Waals surface area contributed by atoms with E-state index in [1.165, 1.54) is 17.9 Å². The van der Waals surface area contributed by atoms with Gasteiger partial charge in [0.25, 0.3) is 0 Å². The predicted molar refractivity (Wildman–Crippen MR) is 171 cm³/mol. The maximum Gasteiger partial charge on any atom is 0.433 e. The lowest BCUT2D eigenvalue weighted by molar-refractivity contribution is -0.141.